The van der Waals surface area contributed by atoms with Gasteiger partial charge < -0.3 is 4.90 Å². The van der Waals surface area contributed by atoms with Crippen LogP contribution in [-0.2, 0) is 4.79 Å². The summed E-state index contributed by atoms with van der Waals surface area (Å²) in [4.78, 5) is 14.7. The Kier molecular flexibility index (Phi) is 4.24. The average Bonchev–Trinajstić information content (AvgIpc) is 2.23. The van der Waals surface area contributed by atoms with Crippen LogP contribution in [0.25, 0.3) is 0 Å². The molecule has 2 rings (SSSR count). The van der Waals surface area contributed by atoms with Crippen molar-refractivity contribution < 1.29 is 4.79 Å². The van der Waals surface area contributed by atoms with E-state index in [4.69, 9.17) is 0 Å². The van der Waals surface area contributed by atoms with Crippen molar-refractivity contribution in [3.05, 3.63) is 0 Å². The van der Waals surface area contributed by atoms with Crippen LogP contribution < -0.4 is 0 Å². The third-order valence-corrected chi connectivity index (χ3v) is 4.62. The lowest BCUT2D eigenvalue weighted by molar-refractivity contribution is -0.128. The second-order valence-corrected chi connectivity index (χ2v) is 6.60. The summed E-state index contributed by atoms with van der Waals surface area (Å²) in [5.41, 5.74) is 0. The van der Waals surface area contributed by atoms with Crippen LogP contribution >= 0.6 is 0 Å². The van der Waals surface area contributed by atoms with Gasteiger partial charge in [0.05, 0.1) is 0 Å². The molecule has 1 saturated carbocycles. The molecule has 1 aliphatic carbocycles. The minimum absolute atomic E-state index is 0.316. The van der Waals surface area contributed by atoms with Crippen LogP contribution in [0.5, 0.6) is 0 Å². The first-order chi connectivity index (χ1) is 8.06. The van der Waals surface area contributed by atoms with Gasteiger partial charge in [-0.15, -0.1) is 0 Å². The van der Waals surface area contributed by atoms with Gasteiger partial charge in [0.25, 0.3) is 0 Å². The zero-order valence-electron chi connectivity index (χ0n) is 11.6. The van der Waals surface area contributed by atoms with Gasteiger partial charge in [-0.05, 0) is 43.6 Å². The van der Waals surface area contributed by atoms with Gasteiger partial charge in [0.15, 0.2) is 0 Å². The number of hydrogen-bond donors (Lipinski definition) is 0. The Balaban J connectivity index is 1.90. The Bertz CT molecular complexity index is 276. The Morgan fingerprint density at radius 1 is 1.24 bits per heavy atom. The first-order valence-electron chi connectivity index (χ1n) is 7.31. The molecule has 1 aliphatic heterocycles. The van der Waals surface area contributed by atoms with E-state index in [9.17, 15) is 4.79 Å². The fourth-order valence-corrected chi connectivity index (χ4v) is 3.71. The molecule has 0 N–H and O–H groups in total. The SMILES string of the molecule is CC1CC(=O)C(CN2CCCC(C)C2)C(C)C1. The maximum Gasteiger partial charge on any atom is 0.137 e. The molecule has 17 heavy (non-hydrogen) atoms. The van der Waals surface area contributed by atoms with E-state index < -0.39 is 0 Å². The maximum absolute atomic E-state index is 12.1. The molecule has 98 valence electrons. The Morgan fingerprint density at radius 3 is 2.65 bits per heavy atom. The number of carbonyl (C=O) groups excluding carboxylic acids is 1. The van der Waals surface area contributed by atoms with Gasteiger partial charge in [0.1, 0.15) is 5.78 Å². The molecule has 2 nitrogen and oxygen atoms in total. The van der Waals surface area contributed by atoms with E-state index >= 15 is 0 Å². The molecule has 0 spiro atoms. The molecule has 4 unspecified atom stereocenters. The lowest BCUT2D eigenvalue weighted by Crippen LogP contribution is -2.43. The lowest BCUT2D eigenvalue weighted by Gasteiger charge is -2.38. The monoisotopic (exact) mass is 237 g/mol. The van der Waals surface area contributed by atoms with Crippen LogP contribution in [0.1, 0.15) is 46.5 Å². The number of ketones is 1. The van der Waals surface area contributed by atoms with Crippen LogP contribution in [0.2, 0.25) is 0 Å². The van der Waals surface area contributed by atoms with Gasteiger partial charge in [0, 0.05) is 25.4 Å². The third kappa shape index (κ3) is 3.31. The molecule has 0 aromatic carbocycles. The zero-order chi connectivity index (χ0) is 12.4. The highest BCUT2D eigenvalue weighted by molar-refractivity contribution is 5.82. The molecule has 0 radical (unpaired) electrons. The van der Waals surface area contributed by atoms with Gasteiger partial charge in [-0.3, -0.25) is 4.79 Å². The van der Waals surface area contributed by atoms with Gasteiger partial charge in [-0.2, -0.15) is 0 Å². The molecular formula is C15H27NO. The van der Waals surface area contributed by atoms with E-state index in [1.54, 1.807) is 0 Å². The summed E-state index contributed by atoms with van der Waals surface area (Å²) >= 11 is 0. The molecule has 2 aliphatic rings. The van der Waals surface area contributed by atoms with Crippen molar-refractivity contribution in [2.24, 2.45) is 23.7 Å². The molecule has 2 heteroatoms. The van der Waals surface area contributed by atoms with Crippen molar-refractivity contribution in [1.82, 2.24) is 4.90 Å². The Hall–Kier alpha value is -0.370. The van der Waals surface area contributed by atoms with Crippen molar-refractivity contribution >= 4 is 5.78 Å². The van der Waals surface area contributed by atoms with Crippen molar-refractivity contribution in [2.75, 3.05) is 19.6 Å². The fraction of sp³-hybridized carbons (Fsp3) is 0.933. The van der Waals surface area contributed by atoms with Crippen LogP contribution in [0.3, 0.4) is 0 Å². The zero-order valence-corrected chi connectivity index (χ0v) is 11.6. The van der Waals surface area contributed by atoms with E-state index in [-0.39, 0.29) is 0 Å². The summed E-state index contributed by atoms with van der Waals surface area (Å²) in [6.45, 7) is 10.2. The normalized spacial score (nSPS) is 40.5. The van der Waals surface area contributed by atoms with E-state index in [2.05, 4.69) is 25.7 Å². The topological polar surface area (TPSA) is 20.3 Å². The highest BCUT2D eigenvalue weighted by Gasteiger charge is 2.34. The number of nitrogens with zero attached hydrogens (tertiary/aromatic N) is 1. The third-order valence-electron chi connectivity index (χ3n) is 4.62. The first kappa shape index (κ1) is 13.1. The summed E-state index contributed by atoms with van der Waals surface area (Å²) in [6, 6.07) is 0. The number of piperidine rings is 1. The lowest BCUT2D eigenvalue weighted by atomic mass is 9.74. The second-order valence-electron chi connectivity index (χ2n) is 6.60. The molecule has 0 amide bonds. The largest absolute Gasteiger partial charge is 0.302 e. The molecule has 2 fully saturated rings. The molecular weight excluding hydrogens is 210 g/mol. The van der Waals surface area contributed by atoms with E-state index in [0.717, 1.165) is 18.9 Å². The molecule has 1 heterocycles. The minimum atomic E-state index is 0.316. The van der Waals surface area contributed by atoms with Gasteiger partial charge >= 0.3 is 0 Å². The van der Waals surface area contributed by atoms with Crippen molar-refractivity contribution in [2.45, 2.75) is 46.5 Å². The van der Waals surface area contributed by atoms with Crippen LogP contribution in [0.4, 0.5) is 0 Å². The van der Waals surface area contributed by atoms with Crippen LogP contribution in [-0.4, -0.2) is 30.3 Å². The molecule has 1 saturated heterocycles. The molecule has 0 bridgehead atoms. The van der Waals surface area contributed by atoms with Crippen molar-refractivity contribution in [3.8, 4) is 0 Å². The highest BCUT2D eigenvalue weighted by atomic mass is 16.1. The maximum atomic E-state index is 12.1. The summed E-state index contributed by atoms with van der Waals surface area (Å²) in [5, 5.41) is 0. The summed E-state index contributed by atoms with van der Waals surface area (Å²) < 4.78 is 0. The van der Waals surface area contributed by atoms with Crippen molar-refractivity contribution in [1.29, 1.82) is 0 Å². The molecule has 0 aromatic heterocycles. The van der Waals surface area contributed by atoms with Gasteiger partial charge in [-0.25, -0.2) is 0 Å². The van der Waals surface area contributed by atoms with E-state index in [0.29, 0.717) is 23.5 Å². The van der Waals surface area contributed by atoms with E-state index in [1.807, 2.05) is 0 Å². The summed E-state index contributed by atoms with van der Waals surface area (Å²) in [7, 11) is 0. The highest BCUT2D eigenvalue weighted by Crippen LogP contribution is 2.32. The minimum Gasteiger partial charge on any atom is -0.302 e. The van der Waals surface area contributed by atoms with Crippen LogP contribution in [0, 0.1) is 23.7 Å². The first-order valence-corrected chi connectivity index (χ1v) is 7.31. The van der Waals surface area contributed by atoms with Gasteiger partial charge in [-0.1, -0.05) is 20.8 Å². The number of Topliss-reactive ketones (excluding diaryl/α,β-unsaturated/α-hetero) is 1. The van der Waals surface area contributed by atoms with E-state index in [1.165, 1.54) is 32.4 Å². The molecule has 4 atom stereocenters. The average molecular weight is 237 g/mol. The predicted molar refractivity (Wildman–Crippen MR) is 70.9 cm³/mol. The van der Waals surface area contributed by atoms with Crippen LogP contribution in [0.15, 0.2) is 0 Å². The fourth-order valence-electron chi connectivity index (χ4n) is 3.71. The Labute approximate surface area is 106 Å². The van der Waals surface area contributed by atoms with Crippen molar-refractivity contribution in [3.63, 3.8) is 0 Å². The number of carbonyl (C=O) groups is 1. The summed E-state index contributed by atoms with van der Waals surface area (Å²) in [6.07, 6.45) is 4.73. The standard InChI is InChI=1S/C15H27NO/c1-11-5-4-6-16(9-11)10-14-13(3)7-12(2)8-15(14)17/h11-14H,4-10H2,1-3H3. The predicted octanol–water partition coefficient (Wildman–Crippen LogP) is 2.97. The summed E-state index contributed by atoms with van der Waals surface area (Å²) in [5.74, 6) is 2.85. The number of rotatable bonds is 2. The second kappa shape index (κ2) is 5.51. The van der Waals surface area contributed by atoms with Gasteiger partial charge in [0.2, 0.25) is 0 Å². The quantitative estimate of drug-likeness (QED) is 0.736. The Morgan fingerprint density at radius 2 is 2.00 bits per heavy atom. The molecule has 0 aromatic rings. The number of likely N-dealkylation sites (tertiary alicyclic amines) is 1. The smallest absolute Gasteiger partial charge is 0.137 e. The number of hydrogen-bond acceptors (Lipinski definition) is 2.